The van der Waals surface area contributed by atoms with Crippen molar-refractivity contribution in [1.29, 1.82) is 0 Å². The molecule has 0 saturated carbocycles. The first-order valence-corrected chi connectivity index (χ1v) is 7.67. The minimum absolute atomic E-state index is 0.00530. The van der Waals surface area contributed by atoms with Crippen LogP contribution >= 0.6 is 0 Å². The number of amides is 1. The average molecular weight is 300 g/mol. The van der Waals surface area contributed by atoms with Crippen LogP contribution in [0.2, 0.25) is 0 Å². The molecule has 0 aliphatic rings. The normalized spacial score (nSPS) is 11.7. The van der Waals surface area contributed by atoms with Crippen LogP contribution in [0.1, 0.15) is 18.9 Å². The van der Waals surface area contributed by atoms with Crippen molar-refractivity contribution < 1.29 is 13.2 Å². The molecule has 0 atom stereocenters. The Labute approximate surface area is 119 Å². The van der Waals surface area contributed by atoms with E-state index >= 15 is 0 Å². The van der Waals surface area contributed by atoms with E-state index in [1.54, 1.807) is 24.3 Å². The Morgan fingerprint density at radius 2 is 2.00 bits per heavy atom. The summed E-state index contributed by atoms with van der Waals surface area (Å²) in [6.45, 7) is 1.74. The Kier molecular flexibility index (Phi) is 5.93. The topological polar surface area (TPSA) is 119 Å². The molecule has 0 saturated heterocycles. The van der Waals surface area contributed by atoms with E-state index in [4.69, 9.17) is 11.5 Å². The van der Waals surface area contributed by atoms with Crippen LogP contribution in [-0.2, 0) is 21.5 Å². The Morgan fingerprint density at radius 1 is 1.35 bits per heavy atom. The van der Waals surface area contributed by atoms with E-state index in [1.807, 2.05) is 6.92 Å². The van der Waals surface area contributed by atoms with Crippen LogP contribution in [0.15, 0.2) is 24.3 Å². The predicted molar refractivity (Wildman–Crippen MR) is 77.7 cm³/mol. The van der Waals surface area contributed by atoms with Gasteiger partial charge in [0.15, 0.2) is 0 Å². The van der Waals surface area contributed by atoms with Crippen molar-refractivity contribution in [3.63, 3.8) is 0 Å². The van der Waals surface area contributed by atoms with Crippen LogP contribution in [0.4, 0.5) is 5.69 Å². The average Bonchev–Trinajstić information content (AvgIpc) is 2.37. The van der Waals surface area contributed by atoms with Crippen molar-refractivity contribution in [2.75, 3.05) is 18.8 Å². The Hall–Kier alpha value is -1.64. The fourth-order valence-corrected chi connectivity index (χ4v) is 2.84. The molecule has 1 aromatic rings. The first kappa shape index (κ1) is 16.4. The molecule has 0 aliphatic heterocycles. The summed E-state index contributed by atoms with van der Waals surface area (Å²) in [5.41, 5.74) is 12.0. The van der Waals surface area contributed by atoms with Gasteiger partial charge in [0.05, 0.1) is 6.54 Å². The van der Waals surface area contributed by atoms with Crippen LogP contribution < -0.4 is 16.2 Å². The second-order valence-corrected chi connectivity index (χ2v) is 6.09. The van der Waals surface area contributed by atoms with Gasteiger partial charge in [0, 0.05) is 18.8 Å². The molecule has 0 spiro atoms. The summed E-state index contributed by atoms with van der Waals surface area (Å²) in [4.78, 5) is 11.1. The zero-order valence-corrected chi connectivity index (χ0v) is 12.2. The Morgan fingerprint density at radius 3 is 2.55 bits per heavy atom. The lowest BCUT2D eigenvalue weighted by Gasteiger charge is -2.21. The van der Waals surface area contributed by atoms with Crippen LogP contribution in [0.5, 0.6) is 0 Å². The molecular formula is C12H20N4O3S. The van der Waals surface area contributed by atoms with Crippen molar-refractivity contribution in [3.8, 4) is 0 Å². The van der Waals surface area contributed by atoms with Gasteiger partial charge in [0.2, 0.25) is 5.91 Å². The number of anilines is 1. The van der Waals surface area contributed by atoms with Crippen molar-refractivity contribution in [3.05, 3.63) is 29.8 Å². The highest BCUT2D eigenvalue weighted by Crippen LogP contribution is 2.15. The zero-order valence-electron chi connectivity index (χ0n) is 11.4. The third-order valence-corrected chi connectivity index (χ3v) is 4.12. The molecule has 7 nitrogen and oxygen atoms in total. The summed E-state index contributed by atoms with van der Waals surface area (Å²) in [7, 11) is -3.77. The summed E-state index contributed by atoms with van der Waals surface area (Å²) < 4.78 is 27.6. The van der Waals surface area contributed by atoms with E-state index in [0.29, 0.717) is 24.2 Å². The van der Waals surface area contributed by atoms with E-state index in [9.17, 15) is 13.2 Å². The number of hydrogen-bond donors (Lipinski definition) is 3. The SMILES string of the molecule is CCCNS(=O)(=O)N(CC(N)=O)Cc1ccccc1N. The van der Waals surface area contributed by atoms with E-state index in [2.05, 4.69) is 4.72 Å². The van der Waals surface area contributed by atoms with Gasteiger partial charge in [-0.2, -0.15) is 12.7 Å². The lowest BCUT2D eigenvalue weighted by atomic mass is 10.2. The zero-order chi connectivity index (χ0) is 15.2. The highest BCUT2D eigenvalue weighted by Gasteiger charge is 2.23. The molecule has 5 N–H and O–H groups in total. The standard InChI is InChI=1S/C12H20N4O3S/c1-2-7-15-20(18,19)16(9-12(14)17)8-10-5-3-4-6-11(10)13/h3-6,15H,2,7-9,13H2,1H3,(H2,14,17). The molecule has 20 heavy (non-hydrogen) atoms. The van der Waals surface area contributed by atoms with Crippen molar-refractivity contribution in [2.24, 2.45) is 5.73 Å². The van der Waals surface area contributed by atoms with Crippen LogP contribution in [0, 0.1) is 0 Å². The summed E-state index contributed by atoms with van der Waals surface area (Å²) >= 11 is 0. The summed E-state index contributed by atoms with van der Waals surface area (Å²) in [5.74, 6) is -0.721. The lowest BCUT2D eigenvalue weighted by molar-refractivity contribution is -0.118. The van der Waals surface area contributed by atoms with Crippen LogP contribution in [0.3, 0.4) is 0 Å². The number of nitrogen functional groups attached to an aromatic ring is 1. The van der Waals surface area contributed by atoms with Gasteiger partial charge in [0.25, 0.3) is 10.2 Å². The Balaban J connectivity index is 2.95. The third kappa shape index (κ3) is 4.80. The van der Waals surface area contributed by atoms with Crippen molar-refractivity contribution in [2.45, 2.75) is 19.9 Å². The van der Waals surface area contributed by atoms with Gasteiger partial charge < -0.3 is 11.5 Å². The van der Waals surface area contributed by atoms with Gasteiger partial charge in [0.1, 0.15) is 0 Å². The second kappa shape index (κ2) is 7.22. The fraction of sp³-hybridized carbons (Fsp3) is 0.417. The summed E-state index contributed by atoms with van der Waals surface area (Å²) in [5, 5.41) is 0. The monoisotopic (exact) mass is 300 g/mol. The van der Waals surface area contributed by atoms with Gasteiger partial charge in [-0.1, -0.05) is 25.1 Å². The molecule has 0 bridgehead atoms. The molecular weight excluding hydrogens is 280 g/mol. The summed E-state index contributed by atoms with van der Waals surface area (Å²) in [6, 6.07) is 6.88. The smallest absolute Gasteiger partial charge is 0.280 e. The predicted octanol–water partition coefficient (Wildman–Crippen LogP) is -0.199. The highest BCUT2D eigenvalue weighted by molar-refractivity contribution is 7.87. The van der Waals surface area contributed by atoms with Crippen molar-refractivity contribution in [1.82, 2.24) is 9.03 Å². The molecule has 1 aromatic carbocycles. The number of carbonyl (C=O) groups is 1. The number of nitrogens with two attached hydrogens (primary N) is 2. The summed E-state index contributed by atoms with van der Waals surface area (Å²) in [6.07, 6.45) is 0.650. The number of nitrogens with zero attached hydrogens (tertiary/aromatic N) is 1. The maximum atomic E-state index is 12.1. The number of primary amides is 1. The first-order valence-electron chi connectivity index (χ1n) is 6.23. The van der Waals surface area contributed by atoms with Gasteiger partial charge in [-0.15, -0.1) is 0 Å². The van der Waals surface area contributed by atoms with E-state index in [0.717, 1.165) is 4.31 Å². The Bertz CT molecular complexity index is 560. The lowest BCUT2D eigenvalue weighted by Crippen LogP contribution is -2.44. The molecule has 8 heteroatoms. The molecule has 0 aromatic heterocycles. The maximum Gasteiger partial charge on any atom is 0.280 e. The number of para-hydroxylation sites is 1. The molecule has 1 amide bonds. The number of nitrogens with one attached hydrogen (secondary N) is 1. The maximum absolute atomic E-state index is 12.1. The first-order chi connectivity index (χ1) is 9.36. The fourth-order valence-electron chi connectivity index (χ4n) is 1.59. The van der Waals surface area contributed by atoms with E-state index in [-0.39, 0.29) is 6.54 Å². The quantitative estimate of drug-likeness (QED) is 0.576. The minimum atomic E-state index is -3.77. The van der Waals surface area contributed by atoms with Crippen LogP contribution in [-0.4, -0.2) is 31.7 Å². The molecule has 0 unspecified atom stereocenters. The number of hydrogen-bond acceptors (Lipinski definition) is 4. The molecule has 0 heterocycles. The van der Waals surface area contributed by atoms with Crippen molar-refractivity contribution >= 4 is 21.8 Å². The number of carbonyl (C=O) groups excluding carboxylic acids is 1. The van der Waals surface area contributed by atoms with E-state index < -0.39 is 22.7 Å². The van der Waals surface area contributed by atoms with E-state index in [1.165, 1.54) is 0 Å². The van der Waals surface area contributed by atoms with Crippen LogP contribution in [0.25, 0.3) is 0 Å². The number of rotatable bonds is 8. The molecule has 0 aliphatic carbocycles. The third-order valence-electron chi connectivity index (χ3n) is 2.61. The minimum Gasteiger partial charge on any atom is -0.398 e. The largest absolute Gasteiger partial charge is 0.398 e. The van der Waals surface area contributed by atoms with Gasteiger partial charge in [-0.25, -0.2) is 4.72 Å². The highest BCUT2D eigenvalue weighted by atomic mass is 32.2. The molecule has 0 radical (unpaired) electrons. The second-order valence-electron chi connectivity index (χ2n) is 4.33. The molecule has 1 rings (SSSR count). The molecule has 0 fully saturated rings. The number of benzene rings is 1. The van der Waals surface area contributed by atoms with Gasteiger partial charge in [-0.05, 0) is 18.1 Å². The molecule has 112 valence electrons. The van der Waals surface area contributed by atoms with Gasteiger partial charge in [-0.3, -0.25) is 4.79 Å². The van der Waals surface area contributed by atoms with Gasteiger partial charge >= 0.3 is 0 Å².